The van der Waals surface area contributed by atoms with Crippen LogP contribution >= 0.6 is 0 Å². The van der Waals surface area contributed by atoms with Crippen molar-refractivity contribution in [3.05, 3.63) is 29.8 Å². The van der Waals surface area contributed by atoms with Crippen molar-refractivity contribution in [3.8, 4) is 6.07 Å². The number of amides is 2. The van der Waals surface area contributed by atoms with Crippen molar-refractivity contribution in [1.29, 1.82) is 5.26 Å². The molecule has 0 radical (unpaired) electrons. The van der Waals surface area contributed by atoms with Crippen LogP contribution in [0.4, 0.5) is 5.69 Å². The summed E-state index contributed by atoms with van der Waals surface area (Å²) in [5.41, 5.74) is 1.57. The first-order chi connectivity index (χ1) is 13.6. The Bertz CT molecular complexity index is 743. The van der Waals surface area contributed by atoms with Crippen molar-refractivity contribution in [3.63, 3.8) is 0 Å². The molecule has 1 aromatic carbocycles. The zero-order chi connectivity index (χ0) is 19.6. The lowest BCUT2D eigenvalue weighted by molar-refractivity contribution is -0.146. The van der Waals surface area contributed by atoms with Crippen molar-refractivity contribution in [2.75, 3.05) is 11.9 Å². The van der Waals surface area contributed by atoms with Gasteiger partial charge in [-0.15, -0.1) is 0 Å². The number of benzene rings is 1. The normalized spacial score (nSPS) is 29.9. The maximum Gasteiger partial charge on any atom is 0.226 e. The van der Waals surface area contributed by atoms with Crippen LogP contribution in [0.25, 0.3) is 0 Å². The van der Waals surface area contributed by atoms with E-state index in [1.165, 1.54) is 19.3 Å². The van der Waals surface area contributed by atoms with Gasteiger partial charge in [0.1, 0.15) is 0 Å². The Balaban J connectivity index is 1.19. The minimum atomic E-state index is -0.109. The topological polar surface area (TPSA) is 82.0 Å². The van der Waals surface area contributed by atoms with Gasteiger partial charge in [0.2, 0.25) is 11.8 Å². The van der Waals surface area contributed by atoms with Gasteiger partial charge in [0.25, 0.3) is 0 Å². The van der Waals surface area contributed by atoms with Gasteiger partial charge in [-0.3, -0.25) is 9.59 Å². The Morgan fingerprint density at radius 2 is 1.64 bits per heavy atom. The first-order valence-electron chi connectivity index (χ1n) is 10.6. The standard InChI is InChI=1S/C23H29N3O2/c24-8-7-16-3-5-20(6-4-16)26-21(27)2-1-9-25-22(28)23-13-17-10-18(14-23)12-19(11-17)15-23/h3-6,17-19H,1-2,7,9-15H2,(H,25,28)(H,26,27). The van der Waals surface area contributed by atoms with E-state index in [1.54, 1.807) is 0 Å². The van der Waals surface area contributed by atoms with Gasteiger partial charge in [-0.2, -0.15) is 5.26 Å². The SMILES string of the molecule is N#CCc1ccc(NC(=O)CCCNC(=O)C23CC4CC(CC(C4)C2)C3)cc1. The molecule has 5 rings (SSSR count). The molecule has 4 saturated carbocycles. The lowest BCUT2D eigenvalue weighted by atomic mass is 9.49. The zero-order valence-corrected chi connectivity index (χ0v) is 16.4. The molecule has 28 heavy (non-hydrogen) atoms. The third kappa shape index (κ3) is 4.06. The van der Waals surface area contributed by atoms with Crippen LogP contribution in [0.1, 0.15) is 56.9 Å². The zero-order valence-electron chi connectivity index (χ0n) is 16.4. The van der Waals surface area contributed by atoms with E-state index in [2.05, 4.69) is 16.7 Å². The minimum absolute atomic E-state index is 0.0444. The lowest BCUT2D eigenvalue weighted by Crippen LogP contribution is -2.53. The Morgan fingerprint density at radius 1 is 1.04 bits per heavy atom. The van der Waals surface area contributed by atoms with Crippen LogP contribution in [0, 0.1) is 34.5 Å². The fourth-order valence-corrected chi connectivity index (χ4v) is 6.05. The third-order valence-electron chi connectivity index (χ3n) is 6.91. The van der Waals surface area contributed by atoms with E-state index in [9.17, 15) is 9.59 Å². The largest absolute Gasteiger partial charge is 0.356 e. The van der Waals surface area contributed by atoms with Crippen LogP contribution in [0.3, 0.4) is 0 Å². The number of nitrogens with one attached hydrogen (secondary N) is 2. The van der Waals surface area contributed by atoms with Gasteiger partial charge >= 0.3 is 0 Å². The highest BCUT2D eigenvalue weighted by Crippen LogP contribution is 2.60. The highest BCUT2D eigenvalue weighted by Gasteiger charge is 2.54. The summed E-state index contributed by atoms with van der Waals surface area (Å²) < 4.78 is 0. The predicted octanol–water partition coefficient (Wildman–Crippen LogP) is 3.80. The van der Waals surface area contributed by atoms with Gasteiger partial charge in [0, 0.05) is 24.1 Å². The Hall–Kier alpha value is -2.35. The van der Waals surface area contributed by atoms with Crippen LogP contribution in [0.5, 0.6) is 0 Å². The van der Waals surface area contributed by atoms with Gasteiger partial charge in [-0.1, -0.05) is 12.1 Å². The summed E-state index contributed by atoms with van der Waals surface area (Å²) in [5.74, 6) is 2.49. The molecule has 4 aliphatic rings. The number of rotatable bonds is 7. The van der Waals surface area contributed by atoms with Gasteiger partial charge in [-0.25, -0.2) is 0 Å². The van der Waals surface area contributed by atoms with Gasteiger partial charge in [0.15, 0.2) is 0 Å². The van der Waals surface area contributed by atoms with Crippen LogP contribution in [-0.2, 0) is 16.0 Å². The summed E-state index contributed by atoms with van der Waals surface area (Å²) in [6.45, 7) is 0.565. The Labute approximate surface area is 166 Å². The molecule has 148 valence electrons. The Morgan fingerprint density at radius 3 is 2.21 bits per heavy atom. The molecule has 1 aromatic rings. The molecule has 0 saturated heterocycles. The molecule has 0 atom stereocenters. The van der Waals surface area contributed by atoms with Crippen molar-refractivity contribution in [2.45, 2.75) is 57.8 Å². The van der Waals surface area contributed by atoms with Crippen molar-refractivity contribution < 1.29 is 9.59 Å². The summed E-state index contributed by atoms with van der Waals surface area (Å²) in [4.78, 5) is 25.0. The number of nitriles is 1. The fraction of sp³-hybridized carbons (Fsp3) is 0.609. The predicted molar refractivity (Wildman–Crippen MR) is 107 cm³/mol. The van der Waals surface area contributed by atoms with E-state index in [0.29, 0.717) is 25.8 Å². The summed E-state index contributed by atoms with van der Waals surface area (Å²) >= 11 is 0. The highest BCUT2D eigenvalue weighted by atomic mass is 16.2. The second kappa shape index (κ2) is 7.95. The highest BCUT2D eigenvalue weighted by molar-refractivity contribution is 5.90. The molecule has 4 fully saturated rings. The van der Waals surface area contributed by atoms with Gasteiger partial charge in [0.05, 0.1) is 12.5 Å². The number of carbonyl (C=O) groups is 2. The molecule has 0 unspecified atom stereocenters. The Kier molecular flexibility index (Phi) is 5.39. The van der Waals surface area contributed by atoms with Crippen LogP contribution < -0.4 is 10.6 Å². The molecule has 0 heterocycles. The molecular weight excluding hydrogens is 350 g/mol. The third-order valence-corrected chi connectivity index (χ3v) is 6.91. The summed E-state index contributed by atoms with van der Waals surface area (Å²) in [6, 6.07) is 9.45. The van der Waals surface area contributed by atoms with E-state index >= 15 is 0 Å². The maximum absolute atomic E-state index is 12.9. The van der Waals surface area contributed by atoms with E-state index in [1.807, 2.05) is 24.3 Å². The molecule has 4 bridgehead atoms. The second-order valence-corrected chi connectivity index (χ2v) is 9.14. The number of carbonyl (C=O) groups excluding carboxylic acids is 2. The van der Waals surface area contributed by atoms with Crippen molar-refractivity contribution >= 4 is 17.5 Å². The van der Waals surface area contributed by atoms with Crippen molar-refractivity contribution in [2.24, 2.45) is 23.2 Å². The average Bonchev–Trinajstić information content (AvgIpc) is 2.66. The van der Waals surface area contributed by atoms with Gasteiger partial charge < -0.3 is 10.6 Å². The average molecular weight is 380 g/mol. The minimum Gasteiger partial charge on any atom is -0.356 e. The molecule has 5 nitrogen and oxygen atoms in total. The molecule has 2 N–H and O–H groups in total. The van der Waals surface area contributed by atoms with E-state index < -0.39 is 0 Å². The molecule has 2 amide bonds. The van der Waals surface area contributed by atoms with Crippen LogP contribution in [0.15, 0.2) is 24.3 Å². The summed E-state index contributed by atoms with van der Waals surface area (Å²) in [6.07, 6.45) is 8.65. The molecule has 5 heteroatoms. The lowest BCUT2D eigenvalue weighted by Gasteiger charge is -2.55. The molecule has 0 spiro atoms. The van der Waals surface area contributed by atoms with Crippen LogP contribution in [0.2, 0.25) is 0 Å². The quantitative estimate of drug-likeness (QED) is 0.707. The second-order valence-electron chi connectivity index (χ2n) is 9.14. The number of hydrogen-bond acceptors (Lipinski definition) is 3. The van der Waals surface area contributed by atoms with E-state index in [0.717, 1.165) is 48.3 Å². The maximum atomic E-state index is 12.9. The van der Waals surface area contributed by atoms with E-state index in [-0.39, 0.29) is 17.2 Å². The molecular formula is C23H29N3O2. The molecule has 0 aromatic heterocycles. The van der Waals surface area contributed by atoms with E-state index in [4.69, 9.17) is 5.26 Å². The summed E-state index contributed by atoms with van der Waals surface area (Å²) in [7, 11) is 0. The monoisotopic (exact) mass is 379 g/mol. The number of anilines is 1. The smallest absolute Gasteiger partial charge is 0.226 e. The molecule has 0 aliphatic heterocycles. The van der Waals surface area contributed by atoms with Gasteiger partial charge in [-0.05, 0) is 80.4 Å². The summed E-state index contributed by atoms with van der Waals surface area (Å²) in [5, 5.41) is 14.7. The van der Waals surface area contributed by atoms with Crippen molar-refractivity contribution in [1.82, 2.24) is 5.32 Å². The first-order valence-corrected chi connectivity index (χ1v) is 10.6. The number of hydrogen-bond donors (Lipinski definition) is 2. The fourth-order valence-electron chi connectivity index (χ4n) is 6.05. The molecule has 4 aliphatic carbocycles. The number of nitrogens with zero attached hydrogens (tertiary/aromatic N) is 1. The van der Waals surface area contributed by atoms with Crippen LogP contribution in [-0.4, -0.2) is 18.4 Å². The first kappa shape index (κ1) is 19.0.